The molecule has 0 unspecified atom stereocenters. The maximum Gasteiger partial charge on any atom is 0.135 e. The lowest BCUT2D eigenvalue weighted by Crippen LogP contribution is -2.12. The van der Waals surface area contributed by atoms with Crippen molar-refractivity contribution in [1.29, 1.82) is 0 Å². The zero-order valence-electron chi connectivity index (χ0n) is 9.95. The number of hydrogen-bond donors (Lipinski definition) is 1. The van der Waals surface area contributed by atoms with Crippen LogP contribution in [0.25, 0.3) is 11.3 Å². The van der Waals surface area contributed by atoms with Crippen molar-refractivity contribution < 1.29 is 8.78 Å². The van der Waals surface area contributed by atoms with Gasteiger partial charge in [0, 0.05) is 30.8 Å². The van der Waals surface area contributed by atoms with Gasteiger partial charge in [0.15, 0.2) is 0 Å². The lowest BCUT2D eigenvalue weighted by molar-refractivity contribution is 0.585. The summed E-state index contributed by atoms with van der Waals surface area (Å²) < 4.78 is 26.4. The average molecular weight is 249 g/mol. The molecule has 18 heavy (non-hydrogen) atoms. The van der Waals surface area contributed by atoms with E-state index in [1.807, 2.05) is 7.05 Å². The molecule has 0 atom stereocenters. The number of benzene rings is 1. The topological polar surface area (TPSA) is 37.8 Å². The van der Waals surface area contributed by atoms with Crippen LogP contribution in [0.1, 0.15) is 5.82 Å². The van der Waals surface area contributed by atoms with Crippen LogP contribution in [0, 0.1) is 11.6 Å². The van der Waals surface area contributed by atoms with Crippen LogP contribution in [-0.4, -0.2) is 23.6 Å². The SMILES string of the molecule is CNCCc1nccc(-c2ccc(F)cc2F)n1. The second-order valence-electron chi connectivity index (χ2n) is 3.84. The predicted octanol–water partition coefficient (Wildman–Crippen LogP) is 2.18. The molecule has 2 aromatic rings. The summed E-state index contributed by atoms with van der Waals surface area (Å²) in [4.78, 5) is 8.36. The summed E-state index contributed by atoms with van der Waals surface area (Å²) >= 11 is 0. The van der Waals surface area contributed by atoms with Crippen LogP contribution in [-0.2, 0) is 6.42 Å². The Morgan fingerprint density at radius 1 is 1.22 bits per heavy atom. The number of aromatic nitrogens is 2. The normalized spacial score (nSPS) is 10.6. The molecular formula is C13H13F2N3. The van der Waals surface area contributed by atoms with Crippen LogP contribution in [0.15, 0.2) is 30.5 Å². The molecule has 0 amide bonds. The van der Waals surface area contributed by atoms with E-state index >= 15 is 0 Å². The van der Waals surface area contributed by atoms with Crippen molar-refractivity contribution >= 4 is 0 Å². The van der Waals surface area contributed by atoms with E-state index < -0.39 is 11.6 Å². The molecule has 2 rings (SSSR count). The second kappa shape index (κ2) is 5.64. The fourth-order valence-corrected chi connectivity index (χ4v) is 1.60. The molecule has 0 fully saturated rings. The summed E-state index contributed by atoms with van der Waals surface area (Å²) in [5, 5.41) is 2.99. The quantitative estimate of drug-likeness (QED) is 0.902. The molecule has 0 bridgehead atoms. The van der Waals surface area contributed by atoms with Crippen LogP contribution >= 0.6 is 0 Å². The lowest BCUT2D eigenvalue weighted by atomic mass is 10.1. The van der Waals surface area contributed by atoms with Gasteiger partial charge in [-0.25, -0.2) is 18.7 Å². The molecule has 0 aliphatic rings. The standard InChI is InChI=1S/C13H13F2N3/c1-16-6-5-13-17-7-4-12(18-13)10-3-2-9(14)8-11(10)15/h2-4,7-8,16H,5-6H2,1H3. The molecule has 0 saturated carbocycles. The minimum Gasteiger partial charge on any atom is -0.319 e. The van der Waals surface area contributed by atoms with Crippen molar-refractivity contribution in [3.63, 3.8) is 0 Å². The number of hydrogen-bond acceptors (Lipinski definition) is 3. The van der Waals surface area contributed by atoms with Gasteiger partial charge in [-0.1, -0.05) is 0 Å². The summed E-state index contributed by atoms with van der Waals surface area (Å²) in [5.41, 5.74) is 0.748. The van der Waals surface area contributed by atoms with Gasteiger partial charge >= 0.3 is 0 Å². The van der Waals surface area contributed by atoms with Gasteiger partial charge < -0.3 is 5.32 Å². The van der Waals surface area contributed by atoms with Crippen LogP contribution < -0.4 is 5.32 Å². The highest BCUT2D eigenvalue weighted by molar-refractivity contribution is 5.59. The first kappa shape index (κ1) is 12.6. The Bertz CT molecular complexity index is 544. The summed E-state index contributed by atoms with van der Waals surface area (Å²) in [7, 11) is 1.84. The second-order valence-corrected chi connectivity index (χ2v) is 3.84. The van der Waals surface area contributed by atoms with E-state index in [0.29, 0.717) is 17.9 Å². The van der Waals surface area contributed by atoms with Gasteiger partial charge in [-0.2, -0.15) is 0 Å². The molecule has 0 aliphatic heterocycles. The maximum absolute atomic E-state index is 13.6. The zero-order valence-corrected chi connectivity index (χ0v) is 9.95. The van der Waals surface area contributed by atoms with Crippen molar-refractivity contribution in [2.75, 3.05) is 13.6 Å². The molecule has 1 N–H and O–H groups in total. The Balaban J connectivity index is 2.32. The maximum atomic E-state index is 13.6. The highest BCUT2D eigenvalue weighted by Crippen LogP contribution is 2.21. The van der Waals surface area contributed by atoms with Crippen LogP contribution in [0.2, 0.25) is 0 Å². The van der Waals surface area contributed by atoms with Gasteiger partial charge in [-0.05, 0) is 25.2 Å². The van der Waals surface area contributed by atoms with E-state index in [2.05, 4.69) is 15.3 Å². The van der Waals surface area contributed by atoms with Gasteiger partial charge in [-0.3, -0.25) is 0 Å². The molecule has 0 saturated heterocycles. The molecule has 0 spiro atoms. The summed E-state index contributed by atoms with van der Waals surface area (Å²) in [5.74, 6) is -0.584. The minimum atomic E-state index is -0.617. The fraction of sp³-hybridized carbons (Fsp3) is 0.231. The molecule has 3 nitrogen and oxygen atoms in total. The third-order valence-corrected chi connectivity index (χ3v) is 2.51. The van der Waals surface area contributed by atoms with Gasteiger partial charge in [0.25, 0.3) is 0 Å². The van der Waals surface area contributed by atoms with Gasteiger partial charge in [-0.15, -0.1) is 0 Å². The Morgan fingerprint density at radius 3 is 2.78 bits per heavy atom. The number of nitrogens with zero attached hydrogens (tertiary/aromatic N) is 2. The molecule has 0 radical (unpaired) electrons. The smallest absolute Gasteiger partial charge is 0.135 e. The first-order valence-corrected chi connectivity index (χ1v) is 5.62. The van der Waals surface area contributed by atoms with Crippen molar-refractivity contribution in [2.24, 2.45) is 0 Å². The largest absolute Gasteiger partial charge is 0.319 e. The molecular weight excluding hydrogens is 236 g/mol. The molecule has 94 valence electrons. The third-order valence-electron chi connectivity index (χ3n) is 2.51. The fourth-order valence-electron chi connectivity index (χ4n) is 1.60. The Labute approximate surface area is 104 Å². The van der Waals surface area contributed by atoms with E-state index in [1.54, 1.807) is 12.3 Å². The molecule has 1 heterocycles. The first-order valence-electron chi connectivity index (χ1n) is 5.62. The van der Waals surface area contributed by atoms with Crippen molar-refractivity contribution in [2.45, 2.75) is 6.42 Å². The van der Waals surface area contributed by atoms with Crippen molar-refractivity contribution in [3.05, 3.63) is 47.9 Å². The summed E-state index contributed by atoms with van der Waals surface area (Å²) in [6.45, 7) is 0.745. The monoisotopic (exact) mass is 249 g/mol. The van der Waals surface area contributed by atoms with E-state index in [1.165, 1.54) is 12.1 Å². The molecule has 0 aliphatic carbocycles. The third kappa shape index (κ3) is 2.87. The van der Waals surface area contributed by atoms with Crippen molar-refractivity contribution in [1.82, 2.24) is 15.3 Å². The molecule has 1 aromatic heterocycles. The predicted molar refractivity (Wildman–Crippen MR) is 65.0 cm³/mol. The Kier molecular flexibility index (Phi) is 3.94. The van der Waals surface area contributed by atoms with Crippen LogP contribution in [0.5, 0.6) is 0 Å². The summed E-state index contributed by atoms with van der Waals surface area (Å²) in [6.07, 6.45) is 2.24. The Morgan fingerprint density at radius 2 is 2.06 bits per heavy atom. The number of rotatable bonds is 4. The van der Waals surface area contributed by atoms with Crippen LogP contribution in [0.4, 0.5) is 8.78 Å². The van der Waals surface area contributed by atoms with Gasteiger partial charge in [0.05, 0.1) is 5.69 Å². The van der Waals surface area contributed by atoms with E-state index in [9.17, 15) is 8.78 Å². The van der Waals surface area contributed by atoms with Crippen molar-refractivity contribution in [3.8, 4) is 11.3 Å². The van der Waals surface area contributed by atoms with E-state index in [0.717, 1.165) is 12.6 Å². The van der Waals surface area contributed by atoms with E-state index in [4.69, 9.17) is 0 Å². The zero-order chi connectivity index (χ0) is 13.0. The highest BCUT2D eigenvalue weighted by atomic mass is 19.1. The van der Waals surface area contributed by atoms with E-state index in [-0.39, 0.29) is 5.56 Å². The minimum absolute atomic E-state index is 0.282. The highest BCUT2D eigenvalue weighted by Gasteiger charge is 2.08. The number of nitrogens with one attached hydrogen (secondary N) is 1. The average Bonchev–Trinajstić information content (AvgIpc) is 2.36. The first-order chi connectivity index (χ1) is 8.70. The molecule has 1 aromatic carbocycles. The van der Waals surface area contributed by atoms with Crippen LogP contribution in [0.3, 0.4) is 0 Å². The van der Waals surface area contributed by atoms with Gasteiger partial charge in [0.1, 0.15) is 17.5 Å². The Hall–Kier alpha value is -1.88. The molecule has 5 heteroatoms. The number of likely N-dealkylation sites (N-methyl/N-ethyl adjacent to an activating group) is 1. The number of halogens is 2. The summed E-state index contributed by atoms with van der Waals surface area (Å²) in [6, 6.07) is 5.06. The lowest BCUT2D eigenvalue weighted by Gasteiger charge is -2.05. The van der Waals surface area contributed by atoms with Gasteiger partial charge in [0.2, 0.25) is 0 Å².